The molecule has 2 aromatic rings. The van der Waals surface area contributed by atoms with Crippen molar-refractivity contribution in [1.82, 2.24) is 9.55 Å². The second kappa shape index (κ2) is 3.48. The van der Waals surface area contributed by atoms with Crippen LogP contribution in [-0.2, 0) is 13.6 Å². The monoisotopic (exact) mass is 211 g/mol. The van der Waals surface area contributed by atoms with Gasteiger partial charge in [-0.2, -0.15) is 0 Å². The van der Waals surface area contributed by atoms with Gasteiger partial charge >= 0.3 is 0 Å². The van der Waals surface area contributed by atoms with E-state index >= 15 is 0 Å². The molecule has 74 valence electrons. The fourth-order valence-electron chi connectivity index (χ4n) is 1.29. The molecule has 2 heterocycles. The van der Waals surface area contributed by atoms with E-state index in [1.54, 1.807) is 16.9 Å². The Bertz CT molecular complexity index is 433. The summed E-state index contributed by atoms with van der Waals surface area (Å²) in [5, 5.41) is 0.555. The normalized spacial score (nSPS) is 10.8. The number of halogens is 1. The van der Waals surface area contributed by atoms with Crippen LogP contribution in [0.1, 0.15) is 5.69 Å². The van der Waals surface area contributed by atoms with Crippen LogP contribution in [-0.4, -0.2) is 9.55 Å². The maximum absolute atomic E-state index is 6.01. The standard InChI is InChI=1S/C9H10ClN3O/c1-13-8(10)6(5-11)12-9(13)7-3-2-4-14-7/h2-4H,5,11H2,1H3. The average Bonchev–Trinajstić information content (AvgIpc) is 2.78. The van der Waals surface area contributed by atoms with E-state index in [2.05, 4.69) is 4.98 Å². The molecule has 0 saturated carbocycles. The molecule has 0 atom stereocenters. The zero-order valence-electron chi connectivity index (χ0n) is 7.70. The highest BCUT2D eigenvalue weighted by molar-refractivity contribution is 6.30. The second-order valence-corrected chi connectivity index (χ2v) is 3.27. The smallest absolute Gasteiger partial charge is 0.177 e. The Morgan fingerprint density at radius 1 is 1.64 bits per heavy atom. The summed E-state index contributed by atoms with van der Waals surface area (Å²) in [6, 6.07) is 3.64. The van der Waals surface area contributed by atoms with Gasteiger partial charge in [0.05, 0.1) is 12.0 Å². The van der Waals surface area contributed by atoms with E-state index in [1.165, 1.54) is 0 Å². The number of hydrogen-bond acceptors (Lipinski definition) is 3. The third kappa shape index (κ3) is 1.32. The lowest BCUT2D eigenvalue weighted by Crippen LogP contribution is -1.97. The molecular formula is C9H10ClN3O. The van der Waals surface area contributed by atoms with E-state index in [9.17, 15) is 0 Å². The summed E-state index contributed by atoms with van der Waals surface area (Å²) < 4.78 is 6.98. The zero-order chi connectivity index (χ0) is 10.1. The maximum Gasteiger partial charge on any atom is 0.177 e. The lowest BCUT2D eigenvalue weighted by molar-refractivity contribution is 0.574. The minimum absolute atomic E-state index is 0.327. The quantitative estimate of drug-likeness (QED) is 0.824. The summed E-state index contributed by atoms with van der Waals surface area (Å²) in [6.45, 7) is 0.327. The molecule has 2 aromatic heterocycles. The van der Waals surface area contributed by atoms with Crippen molar-refractivity contribution in [3.63, 3.8) is 0 Å². The van der Waals surface area contributed by atoms with Crippen molar-refractivity contribution in [3.8, 4) is 11.6 Å². The number of furan rings is 1. The molecule has 0 unspecified atom stereocenters. The number of nitrogens with zero attached hydrogens (tertiary/aromatic N) is 2. The Hall–Kier alpha value is -1.26. The van der Waals surface area contributed by atoms with Crippen molar-refractivity contribution < 1.29 is 4.42 Å². The summed E-state index contributed by atoms with van der Waals surface area (Å²) in [7, 11) is 1.83. The molecule has 0 radical (unpaired) electrons. The number of rotatable bonds is 2. The Morgan fingerprint density at radius 2 is 2.43 bits per heavy atom. The molecule has 2 rings (SSSR count). The number of imidazole rings is 1. The lowest BCUT2D eigenvalue weighted by atomic mass is 10.4. The lowest BCUT2D eigenvalue weighted by Gasteiger charge is -1.97. The molecule has 2 N–H and O–H groups in total. The molecule has 4 nitrogen and oxygen atoms in total. The van der Waals surface area contributed by atoms with Crippen LogP contribution in [0.15, 0.2) is 22.8 Å². The molecule has 0 spiro atoms. The predicted octanol–water partition coefficient (Wildman–Crippen LogP) is 1.79. The fourth-order valence-corrected chi connectivity index (χ4v) is 1.49. The van der Waals surface area contributed by atoms with Gasteiger partial charge in [0, 0.05) is 13.6 Å². The van der Waals surface area contributed by atoms with Crippen molar-refractivity contribution >= 4 is 11.6 Å². The van der Waals surface area contributed by atoms with Crippen LogP contribution in [0.3, 0.4) is 0 Å². The molecule has 0 fully saturated rings. The van der Waals surface area contributed by atoms with Crippen LogP contribution < -0.4 is 5.73 Å². The first-order chi connectivity index (χ1) is 6.74. The van der Waals surface area contributed by atoms with E-state index < -0.39 is 0 Å². The third-order valence-corrected chi connectivity index (χ3v) is 2.50. The van der Waals surface area contributed by atoms with Gasteiger partial charge in [0.1, 0.15) is 5.15 Å². The van der Waals surface area contributed by atoms with Gasteiger partial charge in [0.15, 0.2) is 11.6 Å². The molecule has 0 saturated heterocycles. The SMILES string of the molecule is Cn1c(-c2ccco2)nc(CN)c1Cl. The van der Waals surface area contributed by atoms with Crippen LogP contribution >= 0.6 is 11.6 Å². The van der Waals surface area contributed by atoms with Gasteiger partial charge in [0.25, 0.3) is 0 Å². The molecule has 0 aromatic carbocycles. The molecule has 0 aliphatic rings. The van der Waals surface area contributed by atoms with Gasteiger partial charge in [-0.3, -0.25) is 0 Å². The van der Waals surface area contributed by atoms with Gasteiger partial charge in [0.2, 0.25) is 0 Å². The Labute approximate surface area is 86.3 Å². The molecule has 0 aliphatic heterocycles. The van der Waals surface area contributed by atoms with E-state index in [4.69, 9.17) is 21.8 Å². The largest absolute Gasteiger partial charge is 0.461 e. The minimum atomic E-state index is 0.327. The molecule has 5 heteroatoms. The van der Waals surface area contributed by atoms with Crippen LogP contribution in [0.5, 0.6) is 0 Å². The highest BCUT2D eigenvalue weighted by Gasteiger charge is 2.14. The van der Waals surface area contributed by atoms with E-state index in [1.807, 2.05) is 13.1 Å². The van der Waals surface area contributed by atoms with Crippen LogP contribution in [0.25, 0.3) is 11.6 Å². The molecule has 0 aliphatic carbocycles. The van der Waals surface area contributed by atoms with Crippen molar-refractivity contribution in [3.05, 3.63) is 29.2 Å². The summed E-state index contributed by atoms with van der Waals surface area (Å²) in [4.78, 5) is 4.28. The number of hydrogen-bond donors (Lipinski definition) is 1. The Kier molecular flexibility index (Phi) is 2.31. The molecule has 0 amide bonds. The van der Waals surface area contributed by atoms with Crippen molar-refractivity contribution in [2.24, 2.45) is 12.8 Å². The van der Waals surface area contributed by atoms with E-state index in [-0.39, 0.29) is 0 Å². The van der Waals surface area contributed by atoms with Crippen molar-refractivity contribution in [1.29, 1.82) is 0 Å². The minimum Gasteiger partial charge on any atom is -0.461 e. The van der Waals surface area contributed by atoms with Gasteiger partial charge < -0.3 is 14.7 Å². The van der Waals surface area contributed by atoms with Crippen LogP contribution in [0.2, 0.25) is 5.15 Å². The van der Waals surface area contributed by atoms with Gasteiger partial charge in [-0.15, -0.1) is 0 Å². The molecular weight excluding hydrogens is 202 g/mol. The summed E-state index contributed by atoms with van der Waals surface area (Å²) >= 11 is 6.01. The predicted molar refractivity (Wildman–Crippen MR) is 53.8 cm³/mol. The first-order valence-electron chi connectivity index (χ1n) is 4.19. The fraction of sp³-hybridized carbons (Fsp3) is 0.222. The van der Waals surface area contributed by atoms with Crippen molar-refractivity contribution in [2.45, 2.75) is 6.54 Å². The van der Waals surface area contributed by atoms with Crippen LogP contribution in [0.4, 0.5) is 0 Å². The second-order valence-electron chi connectivity index (χ2n) is 2.91. The number of aromatic nitrogens is 2. The number of nitrogens with two attached hydrogens (primary N) is 1. The molecule has 0 bridgehead atoms. The van der Waals surface area contributed by atoms with Gasteiger partial charge in [-0.1, -0.05) is 11.6 Å². The Morgan fingerprint density at radius 3 is 2.93 bits per heavy atom. The summed E-state index contributed by atoms with van der Waals surface area (Å²) in [5.74, 6) is 1.38. The Balaban J connectivity index is 2.55. The topological polar surface area (TPSA) is 57.0 Å². The first-order valence-corrected chi connectivity index (χ1v) is 4.57. The van der Waals surface area contributed by atoms with Crippen LogP contribution in [0, 0.1) is 0 Å². The average molecular weight is 212 g/mol. The van der Waals surface area contributed by atoms with E-state index in [0.717, 1.165) is 0 Å². The highest BCUT2D eigenvalue weighted by Crippen LogP contribution is 2.24. The van der Waals surface area contributed by atoms with Gasteiger partial charge in [-0.05, 0) is 12.1 Å². The zero-order valence-corrected chi connectivity index (χ0v) is 8.45. The molecule has 14 heavy (non-hydrogen) atoms. The van der Waals surface area contributed by atoms with E-state index in [0.29, 0.717) is 29.0 Å². The van der Waals surface area contributed by atoms with Gasteiger partial charge in [-0.25, -0.2) is 4.98 Å². The first kappa shape index (κ1) is 9.30. The summed E-state index contributed by atoms with van der Waals surface area (Å²) in [6.07, 6.45) is 1.60. The maximum atomic E-state index is 6.01. The van der Waals surface area contributed by atoms with Crippen molar-refractivity contribution in [2.75, 3.05) is 0 Å². The third-order valence-electron chi connectivity index (χ3n) is 2.03. The highest BCUT2D eigenvalue weighted by atomic mass is 35.5. The summed E-state index contributed by atoms with van der Waals surface area (Å²) in [5.41, 5.74) is 6.18.